The Morgan fingerprint density at radius 3 is 2.20 bits per heavy atom. The second-order valence-electron chi connectivity index (χ2n) is 6.36. The van der Waals surface area contributed by atoms with Crippen molar-refractivity contribution in [3.63, 3.8) is 0 Å². The first-order valence-corrected chi connectivity index (χ1v) is 7.48. The van der Waals surface area contributed by atoms with Gasteiger partial charge in [-0.3, -0.25) is 9.69 Å². The molecule has 2 fully saturated rings. The molecule has 2 aliphatic heterocycles. The fourth-order valence-electron chi connectivity index (χ4n) is 2.99. The summed E-state index contributed by atoms with van der Waals surface area (Å²) < 4.78 is 0. The van der Waals surface area contributed by atoms with Crippen molar-refractivity contribution in [1.29, 1.82) is 0 Å². The lowest BCUT2D eigenvalue weighted by Gasteiger charge is -2.41. The summed E-state index contributed by atoms with van der Waals surface area (Å²) in [5.74, 6) is -0.0689. The lowest BCUT2D eigenvalue weighted by molar-refractivity contribution is -0.157. The largest absolute Gasteiger partial charge is 0.380 e. The highest BCUT2D eigenvalue weighted by atomic mass is 16.3. The van der Waals surface area contributed by atoms with Gasteiger partial charge in [-0.05, 0) is 26.8 Å². The van der Waals surface area contributed by atoms with E-state index >= 15 is 0 Å². The molecule has 20 heavy (non-hydrogen) atoms. The topological polar surface area (TPSA) is 47.0 Å². The molecule has 114 valence electrons. The molecule has 0 radical (unpaired) electrons. The molecular formula is C15H27N3O2. The molecule has 1 N–H and O–H groups in total. The maximum atomic E-state index is 12.5. The van der Waals surface area contributed by atoms with Gasteiger partial charge in [0.25, 0.3) is 5.91 Å². The minimum atomic E-state index is -1.14. The predicted molar refractivity (Wildman–Crippen MR) is 79.5 cm³/mol. The first-order chi connectivity index (χ1) is 9.40. The fraction of sp³-hybridized carbons (Fsp3) is 0.800. The molecule has 0 aliphatic carbocycles. The Kier molecular flexibility index (Phi) is 4.83. The molecule has 2 heterocycles. The molecule has 0 aromatic heterocycles. The summed E-state index contributed by atoms with van der Waals surface area (Å²) in [6, 6.07) is 0. The number of aliphatic hydroxyl groups is 1. The van der Waals surface area contributed by atoms with Crippen molar-refractivity contribution in [3.8, 4) is 0 Å². The van der Waals surface area contributed by atoms with E-state index in [1.807, 2.05) is 18.9 Å². The lowest BCUT2D eigenvalue weighted by atomic mass is 9.90. The predicted octanol–water partition coefficient (Wildman–Crippen LogP) is 0.163. The normalized spacial score (nSPS) is 24.6. The highest BCUT2D eigenvalue weighted by Gasteiger charge is 2.41. The molecular weight excluding hydrogens is 254 g/mol. The van der Waals surface area contributed by atoms with Gasteiger partial charge in [-0.25, -0.2) is 0 Å². The highest BCUT2D eigenvalue weighted by molar-refractivity contribution is 5.85. The van der Waals surface area contributed by atoms with E-state index in [1.165, 1.54) is 0 Å². The van der Waals surface area contributed by atoms with Crippen LogP contribution in [0.5, 0.6) is 0 Å². The van der Waals surface area contributed by atoms with E-state index < -0.39 is 5.60 Å². The molecule has 5 nitrogen and oxygen atoms in total. The maximum absolute atomic E-state index is 12.5. The quantitative estimate of drug-likeness (QED) is 0.749. The van der Waals surface area contributed by atoms with Crippen molar-refractivity contribution >= 4 is 5.91 Å². The van der Waals surface area contributed by atoms with Gasteiger partial charge in [0.1, 0.15) is 5.60 Å². The molecule has 0 aromatic rings. The smallest absolute Gasteiger partial charge is 0.254 e. The van der Waals surface area contributed by atoms with Crippen LogP contribution in [0.3, 0.4) is 0 Å². The zero-order valence-electron chi connectivity index (χ0n) is 12.8. The van der Waals surface area contributed by atoms with E-state index in [0.717, 1.165) is 38.3 Å². The molecule has 0 aromatic carbocycles. The number of likely N-dealkylation sites (tertiary alicyclic amines) is 1. The number of carbonyl (C=O) groups excluding carboxylic acids is 1. The summed E-state index contributed by atoms with van der Waals surface area (Å²) in [7, 11) is 2.03. The number of nitrogens with zero attached hydrogens (tertiary/aromatic N) is 3. The summed E-state index contributed by atoms with van der Waals surface area (Å²) in [6.07, 6.45) is 1.10. The van der Waals surface area contributed by atoms with Crippen LogP contribution in [-0.4, -0.2) is 84.2 Å². The number of rotatable bonds is 3. The van der Waals surface area contributed by atoms with Gasteiger partial charge in [-0.2, -0.15) is 0 Å². The van der Waals surface area contributed by atoms with Crippen LogP contribution in [0, 0.1) is 0 Å². The Balaban J connectivity index is 1.87. The van der Waals surface area contributed by atoms with Crippen molar-refractivity contribution < 1.29 is 9.90 Å². The standard InChI is InChI=1S/C15H27N3O2/c1-13(2)12-17-8-10-18(11-9-17)14(19)15(20)4-6-16(3)7-5-15/h20H,1,4-12H2,2-3H3. The SMILES string of the molecule is C=C(C)CN1CCN(C(=O)C2(O)CCN(C)CC2)CC1. The Labute approximate surface area is 121 Å². The third-order valence-corrected chi connectivity index (χ3v) is 4.37. The van der Waals surface area contributed by atoms with Gasteiger partial charge in [0.15, 0.2) is 0 Å². The van der Waals surface area contributed by atoms with E-state index in [-0.39, 0.29) is 5.91 Å². The van der Waals surface area contributed by atoms with Gasteiger partial charge in [0.2, 0.25) is 0 Å². The lowest BCUT2D eigenvalue weighted by Crippen LogP contribution is -2.58. The monoisotopic (exact) mass is 281 g/mol. The molecule has 0 spiro atoms. The summed E-state index contributed by atoms with van der Waals surface area (Å²) >= 11 is 0. The molecule has 1 amide bonds. The van der Waals surface area contributed by atoms with Crippen LogP contribution in [0.15, 0.2) is 12.2 Å². The maximum Gasteiger partial charge on any atom is 0.254 e. The van der Waals surface area contributed by atoms with Gasteiger partial charge in [0.05, 0.1) is 0 Å². The van der Waals surface area contributed by atoms with Gasteiger partial charge in [-0.1, -0.05) is 12.2 Å². The Hall–Kier alpha value is -0.910. The fourth-order valence-corrected chi connectivity index (χ4v) is 2.99. The number of piperazine rings is 1. The van der Waals surface area contributed by atoms with Crippen LogP contribution in [0.4, 0.5) is 0 Å². The van der Waals surface area contributed by atoms with Gasteiger partial charge >= 0.3 is 0 Å². The number of hydrogen-bond acceptors (Lipinski definition) is 4. The van der Waals surface area contributed by atoms with Crippen LogP contribution >= 0.6 is 0 Å². The highest BCUT2D eigenvalue weighted by Crippen LogP contribution is 2.24. The van der Waals surface area contributed by atoms with Crippen molar-refractivity contribution in [1.82, 2.24) is 14.7 Å². The number of piperidine rings is 1. The summed E-state index contributed by atoms with van der Waals surface area (Å²) in [5, 5.41) is 10.6. The average Bonchev–Trinajstić information content (AvgIpc) is 2.42. The van der Waals surface area contributed by atoms with Crippen LogP contribution in [0.25, 0.3) is 0 Å². The zero-order chi connectivity index (χ0) is 14.8. The third-order valence-electron chi connectivity index (χ3n) is 4.37. The second-order valence-corrected chi connectivity index (χ2v) is 6.36. The minimum absolute atomic E-state index is 0.0689. The Morgan fingerprint density at radius 2 is 1.70 bits per heavy atom. The average molecular weight is 281 g/mol. The van der Waals surface area contributed by atoms with Crippen molar-refractivity contribution in [2.45, 2.75) is 25.4 Å². The molecule has 2 saturated heterocycles. The molecule has 0 saturated carbocycles. The number of hydrogen-bond donors (Lipinski definition) is 1. The summed E-state index contributed by atoms with van der Waals surface area (Å²) in [6.45, 7) is 11.6. The van der Waals surface area contributed by atoms with Gasteiger partial charge in [0, 0.05) is 45.8 Å². The van der Waals surface area contributed by atoms with E-state index in [9.17, 15) is 9.90 Å². The second kappa shape index (κ2) is 6.24. The first-order valence-electron chi connectivity index (χ1n) is 7.48. The van der Waals surface area contributed by atoms with Crippen molar-refractivity contribution in [2.75, 3.05) is 52.9 Å². The summed E-state index contributed by atoms with van der Waals surface area (Å²) in [5.41, 5.74) is 0.0157. The van der Waals surface area contributed by atoms with Crippen LogP contribution in [0.2, 0.25) is 0 Å². The molecule has 0 bridgehead atoms. The first kappa shape index (κ1) is 15.5. The van der Waals surface area contributed by atoms with Crippen LogP contribution < -0.4 is 0 Å². The molecule has 2 rings (SSSR count). The Morgan fingerprint density at radius 1 is 1.15 bits per heavy atom. The van der Waals surface area contributed by atoms with Crippen LogP contribution in [-0.2, 0) is 4.79 Å². The van der Waals surface area contributed by atoms with Gasteiger partial charge in [-0.15, -0.1) is 0 Å². The Bertz CT molecular complexity index is 367. The van der Waals surface area contributed by atoms with E-state index in [1.54, 1.807) is 0 Å². The van der Waals surface area contributed by atoms with E-state index in [0.29, 0.717) is 25.9 Å². The summed E-state index contributed by atoms with van der Waals surface area (Å²) in [4.78, 5) is 18.8. The molecule has 0 atom stereocenters. The third kappa shape index (κ3) is 3.59. The minimum Gasteiger partial charge on any atom is -0.380 e. The van der Waals surface area contributed by atoms with Crippen molar-refractivity contribution in [3.05, 3.63) is 12.2 Å². The number of amides is 1. The van der Waals surface area contributed by atoms with E-state index in [4.69, 9.17) is 0 Å². The molecule has 0 unspecified atom stereocenters. The van der Waals surface area contributed by atoms with Crippen LogP contribution in [0.1, 0.15) is 19.8 Å². The van der Waals surface area contributed by atoms with Gasteiger partial charge < -0.3 is 14.9 Å². The molecule has 2 aliphatic rings. The zero-order valence-corrected chi connectivity index (χ0v) is 12.8. The van der Waals surface area contributed by atoms with Crippen molar-refractivity contribution in [2.24, 2.45) is 0 Å². The molecule has 5 heteroatoms. The van der Waals surface area contributed by atoms with E-state index in [2.05, 4.69) is 16.4 Å². The number of carbonyl (C=O) groups is 1.